The van der Waals surface area contributed by atoms with E-state index in [4.69, 9.17) is 4.74 Å². The zero-order valence-corrected chi connectivity index (χ0v) is 17.0. The number of para-hydroxylation sites is 1. The van der Waals surface area contributed by atoms with Gasteiger partial charge in [0, 0.05) is 13.1 Å². The first-order chi connectivity index (χ1) is 13.5. The molecule has 1 N–H and O–H groups in total. The van der Waals surface area contributed by atoms with Crippen molar-refractivity contribution in [2.75, 3.05) is 13.2 Å². The summed E-state index contributed by atoms with van der Waals surface area (Å²) in [6, 6.07) is 16.6. The molecule has 5 nitrogen and oxygen atoms in total. The summed E-state index contributed by atoms with van der Waals surface area (Å²) in [5, 5.41) is 2.91. The predicted octanol–water partition coefficient (Wildman–Crippen LogP) is 3.71. The van der Waals surface area contributed by atoms with Gasteiger partial charge in [0.2, 0.25) is 5.91 Å². The van der Waals surface area contributed by atoms with Crippen LogP contribution in [0, 0.1) is 6.92 Å². The fourth-order valence-electron chi connectivity index (χ4n) is 2.75. The van der Waals surface area contributed by atoms with Crippen LogP contribution >= 0.6 is 0 Å². The molecule has 0 bridgehead atoms. The van der Waals surface area contributed by atoms with Crippen molar-refractivity contribution in [3.8, 4) is 5.75 Å². The Hall–Kier alpha value is -2.82. The number of hydrogen-bond donors (Lipinski definition) is 1. The topological polar surface area (TPSA) is 58.6 Å². The minimum Gasteiger partial charge on any atom is -0.484 e. The van der Waals surface area contributed by atoms with E-state index in [2.05, 4.69) is 12.2 Å². The normalized spacial score (nSPS) is 11.5. The number of carbonyl (C=O) groups is 2. The SMILES string of the molecule is CCCCNC(=O)[C@H](C)N(Cc1ccc(C)cc1)C(=O)COc1ccccc1. The maximum atomic E-state index is 12.9. The molecule has 0 aliphatic rings. The highest BCUT2D eigenvalue weighted by molar-refractivity contribution is 5.87. The van der Waals surface area contributed by atoms with Crippen LogP contribution in [0.4, 0.5) is 0 Å². The van der Waals surface area contributed by atoms with Crippen molar-refractivity contribution in [2.45, 2.75) is 46.2 Å². The number of nitrogens with one attached hydrogen (secondary N) is 1. The lowest BCUT2D eigenvalue weighted by Crippen LogP contribution is -2.49. The van der Waals surface area contributed by atoms with Crippen LogP contribution < -0.4 is 10.1 Å². The molecule has 0 heterocycles. The highest BCUT2D eigenvalue weighted by atomic mass is 16.5. The van der Waals surface area contributed by atoms with Crippen LogP contribution in [-0.4, -0.2) is 35.9 Å². The fraction of sp³-hybridized carbons (Fsp3) is 0.391. The number of hydrogen-bond acceptors (Lipinski definition) is 3. The molecule has 0 fully saturated rings. The van der Waals surface area contributed by atoms with Crippen molar-refractivity contribution in [1.29, 1.82) is 0 Å². The summed E-state index contributed by atoms with van der Waals surface area (Å²) in [4.78, 5) is 27.0. The van der Waals surface area contributed by atoms with Gasteiger partial charge in [-0.1, -0.05) is 61.4 Å². The van der Waals surface area contributed by atoms with Gasteiger partial charge in [0.05, 0.1) is 0 Å². The molecule has 0 saturated heterocycles. The van der Waals surface area contributed by atoms with Crippen molar-refractivity contribution in [2.24, 2.45) is 0 Å². The monoisotopic (exact) mass is 382 g/mol. The third-order valence-electron chi connectivity index (χ3n) is 4.58. The quantitative estimate of drug-likeness (QED) is 0.637. The molecular weight excluding hydrogens is 352 g/mol. The second-order valence-corrected chi connectivity index (χ2v) is 6.93. The van der Waals surface area contributed by atoms with E-state index >= 15 is 0 Å². The Labute approximate surface area is 167 Å². The molecule has 28 heavy (non-hydrogen) atoms. The zero-order valence-electron chi connectivity index (χ0n) is 17.0. The average molecular weight is 383 g/mol. The number of nitrogens with zero attached hydrogens (tertiary/aromatic N) is 1. The van der Waals surface area contributed by atoms with Crippen LogP contribution in [0.25, 0.3) is 0 Å². The van der Waals surface area contributed by atoms with E-state index in [0.29, 0.717) is 18.8 Å². The van der Waals surface area contributed by atoms with Crippen LogP contribution in [0.3, 0.4) is 0 Å². The van der Waals surface area contributed by atoms with Crippen LogP contribution in [0.1, 0.15) is 37.8 Å². The van der Waals surface area contributed by atoms with Crippen molar-refractivity contribution in [3.05, 3.63) is 65.7 Å². The second-order valence-electron chi connectivity index (χ2n) is 6.93. The van der Waals surface area contributed by atoms with Crippen LogP contribution in [0.2, 0.25) is 0 Å². The fourth-order valence-corrected chi connectivity index (χ4v) is 2.75. The summed E-state index contributed by atoms with van der Waals surface area (Å²) < 4.78 is 5.61. The minimum absolute atomic E-state index is 0.109. The molecule has 0 aromatic heterocycles. The maximum absolute atomic E-state index is 12.9. The molecule has 5 heteroatoms. The van der Waals surface area contributed by atoms with Crippen molar-refractivity contribution in [3.63, 3.8) is 0 Å². The third-order valence-corrected chi connectivity index (χ3v) is 4.58. The summed E-state index contributed by atoms with van der Waals surface area (Å²) in [6.45, 7) is 6.72. The highest BCUT2D eigenvalue weighted by Crippen LogP contribution is 2.13. The molecule has 2 aromatic rings. The molecule has 0 radical (unpaired) electrons. The third kappa shape index (κ3) is 6.72. The maximum Gasteiger partial charge on any atom is 0.261 e. The van der Waals surface area contributed by atoms with Crippen molar-refractivity contribution < 1.29 is 14.3 Å². The van der Waals surface area contributed by atoms with Gasteiger partial charge < -0.3 is 15.0 Å². The largest absolute Gasteiger partial charge is 0.484 e. The summed E-state index contributed by atoms with van der Waals surface area (Å²) >= 11 is 0. The average Bonchev–Trinajstić information content (AvgIpc) is 2.72. The Balaban J connectivity index is 2.08. The van der Waals surface area contributed by atoms with Crippen LogP contribution in [0.5, 0.6) is 5.75 Å². The minimum atomic E-state index is -0.579. The van der Waals surface area contributed by atoms with E-state index in [9.17, 15) is 9.59 Å². The van der Waals surface area contributed by atoms with E-state index in [0.717, 1.165) is 24.0 Å². The summed E-state index contributed by atoms with van der Waals surface area (Å²) in [6.07, 6.45) is 1.92. The first-order valence-electron chi connectivity index (χ1n) is 9.81. The summed E-state index contributed by atoms with van der Waals surface area (Å²) in [5.41, 5.74) is 2.13. The van der Waals surface area contributed by atoms with Gasteiger partial charge in [-0.3, -0.25) is 9.59 Å². The lowest BCUT2D eigenvalue weighted by molar-refractivity contribution is -0.142. The number of carbonyl (C=O) groups excluding carboxylic acids is 2. The molecule has 2 aromatic carbocycles. The molecule has 150 valence electrons. The van der Waals surface area contributed by atoms with Gasteiger partial charge in [-0.2, -0.15) is 0 Å². The number of rotatable bonds is 10. The van der Waals surface area contributed by atoms with E-state index in [1.807, 2.05) is 49.4 Å². The van der Waals surface area contributed by atoms with Crippen molar-refractivity contribution in [1.82, 2.24) is 10.2 Å². The van der Waals surface area contributed by atoms with Gasteiger partial charge in [-0.05, 0) is 38.0 Å². The van der Waals surface area contributed by atoms with Gasteiger partial charge in [0.1, 0.15) is 11.8 Å². The van der Waals surface area contributed by atoms with Crippen molar-refractivity contribution >= 4 is 11.8 Å². The van der Waals surface area contributed by atoms with Crippen LogP contribution in [-0.2, 0) is 16.1 Å². The second kappa shape index (κ2) is 11.1. The van der Waals surface area contributed by atoms with Gasteiger partial charge >= 0.3 is 0 Å². The van der Waals surface area contributed by atoms with E-state index in [-0.39, 0.29) is 18.4 Å². The molecule has 0 aliphatic heterocycles. The number of ether oxygens (including phenoxy) is 1. The number of amides is 2. The van der Waals surface area contributed by atoms with Gasteiger partial charge in [0.25, 0.3) is 5.91 Å². The standard InChI is InChI=1S/C23H30N2O3/c1-4-5-15-24-23(27)19(3)25(16-20-13-11-18(2)12-14-20)22(26)17-28-21-9-7-6-8-10-21/h6-14,19H,4-5,15-17H2,1-3H3,(H,24,27)/t19-/m0/s1. The molecule has 0 unspecified atom stereocenters. The number of aryl methyl sites for hydroxylation is 1. The van der Waals surface area contributed by atoms with Gasteiger partial charge in [-0.15, -0.1) is 0 Å². The number of benzene rings is 2. The smallest absolute Gasteiger partial charge is 0.261 e. The summed E-state index contributed by atoms with van der Waals surface area (Å²) in [7, 11) is 0. The van der Waals surface area contributed by atoms with E-state index < -0.39 is 6.04 Å². The molecule has 0 spiro atoms. The molecule has 2 amide bonds. The molecule has 0 aliphatic carbocycles. The first kappa shape index (κ1) is 21.5. The van der Waals surface area contributed by atoms with Crippen LogP contribution in [0.15, 0.2) is 54.6 Å². The summed E-state index contributed by atoms with van der Waals surface area (Å²) in [5.74, 6) is 0.266. The first-order valence-corrected chi connectivity index (χ1v) is 9.81. The Morgan fingerprint density at radius 3 is 2.39 bits per heavy atom. The highest BCUT2D eigenvalue weighted by Gasteiger charge is 2.26. The Morgan fingerprint density at radius 1 is 1.07 bits per heavy atom. The zero-order chi connectivity index (χ0) is 20.4. The Morgan fingerprint density at radius 2 is 1.75 bits per heavy atom. The molecule has 1 atom stereocenters. The van der Waals surface area contributed by atoms with Gasteiger partial charge in [0.15, 0.2) is 6.61 Å². The van der Waals surface area contributed by atoms with E-state index in [1.54, 1.807) is 24.0 Å². The molecule has 0 saturated carbocycles. The predicted molar refractivity (Wildman–Crippen MR) is 111 cm³/mol. The van der Waals surface area contributed by atoms with E-state index in [1.165, 1.54) is 0 Å². The molecule has 2 rings (SSSR count). The Bertz CT molecular complexity index is 744. The van der Waals surface area contributed by atoms with Gasteiger partial charge in [-0.25, -0.2) is 0 Å². The Kier molecular flexibility index (Phi) is 8.53. The molecular formula is C23H30N2O3. The lowest BCUT2D eigenvalue weighted by Gasteiger charge is -2.28. The number of unbranched alkanes of at least 4 members (excludes halogenated alkanes) is 1. The lowest BCUT2D eigenvalue weighted by atomic mass is 10.1.